The SMILES string of the molecule is CN1CCCC=C=N1. The molecule has 0 N–H and O–H groups in total. The molecule has 0 radical (unpaired) electrons. The Hall–Kier alpha value is -0.750. The maximum atomic E-state index is 3.95. The molecule has 1 aliphatic rings. The lowest BCUT2D eigenvalue weighted by Crippen LogP contribution is -2.10. The van der Waals surface area contributed by atoms with E-state index in [9.17, 15) is 0 Å². The van der Waals surface area contributed by atoms with Gasteiger partial charge in [-0.2, -0.15) is 0 Å². The molecule has 0 bridgehead atoms. The molecular weight excluding hydrogens is 100 g/mol. The Bertz CT molecular complexity index is 122. The van der Waals surface area contributed by atoms with Gasteiger partial charge in [0.15, 0.2) is 0 Å². The highest BCUT2D eigenvalue weighted by Crippen LogP contribution is 1.95. The summed E-state index contributed by atoms with van der Waals surface area (Å²) in [4.78, 5) is 0. The zero-order chi connectivity index (χ0) is 5.82. The first-order valence-corrected chi connectivity index (χ1v) is 2.88. The van der Waals surface area contributed by atoms with Crippen LogP contribution in [0.15, 0.2) is 11.2 Å². The van der Waals surface area contributed by atoms with Crippen LogP contribution in [-0.4, -0.2) is 24.5 Å². The fourth-order valence-corrected chi connectivity index (χ4v) is 0.676. The van der Waals surface area contributed by atoms with Crippen molar-refractivity contribution in [2.24, 2.45) is 5.10 Å². The standard InChI is InChI=1S/C6H10N2/c1-8-6-4-2-3-5-7-8/h3H,2,4,6H2,1H3. The van der Waals surface area contributed by atoms with E-state index in [1.165, 1.54) is 6.42 Å². The van der Waals surface area contributed by atoms with Gasteiger partial charge >= 0.3 is 0 Å². The number of allylic oxidation sites excluding steroid dienone is 1. The molecule has 0 aromatic rings. The Balaban J connectivity index is 2.49. The molecule has 0 atom stereocenters. The summed E-state index contributed by atoms with van der Waals surface area (Å²) in [6, 6.07) is 0. The summed E-state index contributed by atoms with van der Waals surface area (Å²) in [6.07, 6.45) is 4.30. The number of hydrazone groups is 1. The zero-order valence-electron chi connectivity index (χ0n) is 5.09. The molecule has 0 saturated carbocycles. The van der Waals surface area contributed by atoms with Gasteiger partial charge in [0.25, 0.3) is 0 Å². The Morgan fingerprint density at radius 2 is 2.62 bits per heavy atom. The van der Waals surface area contributed by atoms with E-state index in [1.54, 1.807) is 0 Å². The molecular formula is C6H10N2. The van der Waals surface area contributed by atoms with Crippen LogP contribution in [0.3, 0.4) is 0 Å². The Labute approximate surface area is 49.5 Å². The van der Waals surface area contributed by atoms with Crippen molar-refractivity contribution in [3.8, 4) is 0 Å². The summed E-state index contributed by atoms with van der Waals surface area (Å²) < 4.78 is 0. The predicted octanol–water partition coefficient (Wildman–Crippen LogP) is 0.853. The normalized spacial score (nSPS) is 18.9. The topological polar surface area (TPSA) is 15.6 Å². The molecule has 0 spiro atoms. The zero-order valence-corrected chi connectivity index (χ0v) is 5.09. The maximum Gasteiger partial charge on any atom is 0.0367 e. The van der Waals surface area contributed by atoms with Crippen LogP contribution in [0.5, 0.6) is 0 Å². The number of nitrogens with zero attached hydrogens (tertiary/aromatic N) is 2. The van der Waals surface area contributed by atoms with Gasteiger partial charge in [0.2, 0.25) is 0 Å². The second-order valence-electron chi connectivity index (χ2n) is 1.96. The lowest BCUT2D eigenvalue weighted by Gasteiger charge is -2.06. The average molecular weight is 110 g/mol. The van der Waals surface area contributed by atoms with Gasteiger partial charge in [-0.05, 0) is 18.9 Å². The molecule has 0 saturated heterocycles. The molecule has 0 fully saturated rings. The van der Waals surface area contributed by atoms with Crippen molar-refractivity contribution in [1.29, 1.82) is 0 Å². The summed E-state index contributed by atoms with van der Waals surface area (Å²) in [6.45, 7) is 1.06. The Morgan fingerprint density at radius 1 is 1.75 bits per heavy atom. The van der Waals surface area contributed by atoms with E-state index in [4.69, 9.17) is 0 Å². The van der Waals surface area contributed by atoms with Crippen LogP contribution in [0.1, 0.15) is 12.8 Å². The van der Waals surface area contributed by atoms with Crippen molar-refractivity contribution in [3.63, 3.8) is 0 Å². The molecule has 44 valence electrons. The molecule has 0 aromatic heterocycles. The van der Waals surface area contributed by atoms with Gasteiger partial charge in [0.05, 0.1) is 0 Å². The third kappa shape index (κ3) is 1.39. The molecule has 1 rings (SSSR count). The fraction of sp³-hybridized carbons (Fsp3) is 0.667. The van der Waals surface area contributed by atoms with E-state index in [1.807, 2.05) is 18.1 Å². The van der Waals surface area contributed by atoms with E-state index in [2.05, 4.69) is 11.0 Å². The first-order valence-electron chi connectivity index (χ1n) is 2.88. The molecule has 8 heavy (non-hydrogen) atoms. The third-order valence-corrected chi connectivity index (χ3v) is 1.15. The highest BCUT2D eigenvalue weighted by Gasteiger charge is 1.91. The van der Waals surface area contributed by atoms with E-state index in [0.717, 1.165) is 13.0 Å². The Morgan fingerprint density at radius 3 is 3.50 bits per heavy atom. The molecule has 2 heteroatoms. The molecule has 1 heterocycles. The quantitative estimate of drug-likeness (QED) is 0.451. The van der Waals surface area contributed by atoms with Crippen LogP contribution in [0.2, 0.25) is 0 Å². The van der Waals surface area contributed by atoms with Gasteiger partial charge in [0, 0.05) is 19.5 Å². The van der Waals surface area contributed by atoms with Crippen LogP contribution in [0.25, 0.3) is 0 Å². The second-order valence-corrected chi connectivity index (χ2v) is 1.96. The number of hydrogen-bond acceptors (Lipinski definition) is 2. The molecule has 2 nitrogen and oxygen atoms in total. The van der Waals surface area contributed by atoms with Crippen LogP contribution >= 0.6 is 0 Å². The van der Waals surface area contributed by atoms with Gasteiger partial charge in [0.1, 0.15) is 0 Å². The van der Waals surface area contributed by atoms with Crippen LogP contribution in [0, 0.1) is 0 Å². The van der Waals surface area contributed by atoms with E-state index in [-0.39, 0.29) is 0 Å². The molecule has 0 aliphatic carbocycles. The lowest BCUT2D eigenvalue weighted by atomic mass is 10.3. The van der Waals surface area contributed by atoms with E-state index in [0.29, 0.717) is 0 Å². The highest BCUT2D eigenvalue weighted by atomic mass is 15.4. The smallest absolute Gasteiger partial charge is 0.0367 e. The largest absolute Gasteiger partial charge is 0.292 e. The predicted molar refractivity (Wildman–Crippen MR) is 33.9 cm³/mol. The lowest BCUT2D eigenvalue weighted by molar-refractivity contribution is 0.356. The van der Waals surface area contributed by atoms with Gasteiger partial charge in [-0.15, -0.1) is 5.10 Å². The summed E-state index contributed by atoms with van der Waals surface area (Å²) >= 11 is 0. The molecule has 0 amide bonds. The third-order valence-electron chi connectivity index (χ3n) is 1.15. The minimum atomic E-state index is 1.06. The van der Waals surface area contributed by atoms with Crippen molar-refractivity contribution >= 4 is 5.87 Å². The molecule has 0 aromatic carbocycles. The van der Waals surface area contributed by atoms with Gasteiger partial charge < -0.3 is 0 Å². The summed E-state index contributed by atoms with van der Waals surface area (Å²) in [5.74, 6) is 2.82. The molecule has 0 unspecified atom stereocenters. The van der Waals surface area contributed by atoms with Gasteiger partial charge in [-0.1, -0.05) is 0 Å². The summed E-state index contributed by atoms with van der Waals surface area (Å²) in [7, 11) is 1.96. The summed E-state index contributed by atoms with van der Waals surface area (Å²) in [5.41, 5.74) is 0. The van der Waals surface area contributed by atoms with Gasteiger partial charge in [-0.3, -0.25) is 5.01 Å². The number of rotatable bonds is 0. The van der Waals surface area contributed by atoms with Crippen molar-refractivity contribution in [1.82, 2.24) is 5.01 Å². The molecule has 1 aliphatic heterocycles. The monoisotopic (exact) mass is 110 g/mol. The summed E-state index contributed by atoms with van der Waals surface area (Å²) in [5, 5.41) is 5.86. The van der Waals surface area contributed by atoms with Gasteiger partial charge in [-0.25, -0.2) is 0 Å². The van der Waals surface area contributed by atoms with Crippen LogP contribution in [-0.2, 0) is 0 Å². The fourth-order valence-electron chi connectivity index (χ4n) is 0.676. The second kappa shape index (κ2) is 2.53. The Kier molecular flexibility index (Phi) is 1.70. The van der Waals surface area contributed by atoms with E-state index >= 15 is 0 Å². The van der Waals surface area contributed by atoms with Crippen molar-refractivity contribution in [3.05, 3.63) is 6.08 Å². The van der Waals surface area contributed by atoms with Crippen molar-refractivity contribution in [2.75, 3.05) is 13.6 Å². The first kappa shape index (κ1) is 5.39. The van der Waals surface area contributed by atoms with Crippen molar-refractivity contribution < 1.29 is 0 Å². The average Bonchev–Trinajstić information content (AvgIpc) is 1.94. The number of hydrogen-bond donors (Lipinski definition) is 0. The van der Waals surface area contributed by atoms with Crippen molar-refractivity contribution in [2.45, 2.75) is 12.8 Å². The van der Waals surface area contributed by atoms with E-state index < -0.39 is 0 Å². The minimum absolute atomic E-state index is 1.06. The highest BCUT2D eigenvalue weighted by molar-refractivity contribution is 5.51. The minimum Gasteiger partial charge on any atom is -0.292 e. The maximum absolute atomic E-state index is 3.95. The van der Waals surface area contributed by atoms with Crippen LogP contribution in [0.4, 0.5) is 0 Å². The van der Waals surface area contributed by atoms with Crippen LogP contribution < -0.4 is 0 Å². The first-order chi connectivity index (χ1) is 3.89.